The van der Waals surface area contributed by atoms with E-state index in [0.29, 0.717) is 5.69 Å². The number of carbonyl (C=O) groups excluding carboxylic acids is 1. The van der Waals surface area contributed by atoms with E-state index in [-0.39, 0.29) is 5.88 Å². The van der Waals surface area contributed by atoms with E-state index in [1.807, 2.05) is 0 Å². The Morgan fingerprint density at radius 3 is 3.08 bits per heavy atom. The van der Waals surface area contributed by atoms with Gasteiger partial charge in [0.05, 0.1) is 11.7 Å². The predicted octanol–water partition coefficient (Wildman–Crippen LogP) is -1.21. The molecule has 0 fully saturated rings. The first kappa shape index (κ1) is 8.32. The van der Waals surface area contributed by atoms with Crippen LogP contribution in [0.4, 0.5) is 5.69 Å². The maximum atomic E-state index is 9.98. The highest BCUT2D eigenvalue weighted by molar-refractivity contribution is 5.66. The topological polar surface area (TPSA) is 88.3 Å². The third kappa shape index (κ3) is 2.12. The van der Waals surface area contributed by atoms with Crippen molar-refractivity contribution in [3.63, 3.8) is 0 Å². The fraction of sp³-hybridized carbons (Fsp3) is 0.143. The van der Waals surface area contributed by atoms with Crippen LogP contribution in [-0.4, -0.2) is 17.6 Å². The molecular weight excluding hydrogens is 160 g/mol. The van der Waals surface area contributed by atoms with Gasteiger partial charge >= 0.3 is 0 Å². The molecule has 2 N–H and O–H groups in total. The summed E-state index contributed by atoms with van der Waals surface area (Å²) in [5.41, 5.74) is 5.71. The Morgan fingerprint density at radius 2 is 2.50 bits per heavy atom. The van der Waals surface area contributed by atoms with E-state index in [1.165, 1.54) is 6.20 Å². The normalized spacial score (nSPS) is 9.33. The van der Waals surface area contributed by atoms with Crippen molar-refractivity contribution >= 4 is 11.7 Å². The molecule has 1 aromatic rings. The van der Waals surface area contributed by atoms with Crippen molar-refractivity contribution in [3.05, 3.63) is 18.3 Å². The molecule has 5 heteroatoms. The number of hydrogen-bond acceptors (Lipinski definition) is 5. The number of carboxylic acids is 1. The van der Waals surface area contributed by atoms with E-state index < -0.39 is 12.6 Å². The van der Waals surface area contributed by atoms with Gasteiger partial charge in [-0.05, 0) is 12.1 Å². The molecule has 0 radical (unpaired) electrons. The lowest BCUT2D eigenvalue weighted by molar-refractivity contribution is -0.307. The lowest BCUT2D eigenvalue weighted by atomic mass is 10.4. The highest BCUT2D eigenvalue weighted by Crippen LogP contribution is 2.15. The first-order chi connectivity index (χ1) is 5.70. The minimum Gasteiger partial charge on any atom is -0.546 e. The summed E-state index contributed by atoms with van der Waals surface area (Å²) in [5.74, 6) is -1.19. The molecule has 5 nitrogen and oxygen atoms in total. The second-order valence-electron chi connectivity index (χ2n) is 2.06. The second-order valence-corrected chi connectivity index (χ2v) is 2.06. The van der Waals surface area contributed by atoms with Crippen molar-refractivity contribution in [3.8, 4) is 5.88 Å². The molecule has 0 amide bonds. The molecule has 0 atom stereocenters. The molecule has 0 aliphatic heterocycles. The van der Waals surface area contributed by atoms with Gasteiger partial charge in [0.25, 0.3) is 0 Å². The first-order valence-electron chi connectivity index (χ1n) is 3.23. The van der Waals surface area contributed by atoms with Crippen molar-refractivity contribution in [1.82, 2.24) is 4.98 Å². The van der Waals surface area contributed by atoms with Gasteiger partial charge in [0.1, 0.15) is 6.61 Å². The van der Waals surface area contributed by atoms with Crippen molar-refractivity contribution in [2.24, 2.45) is 0 Å². The Kier molecular flexibility index (Phi) is 2.47. The summed E-state index contributed by atoms with van der Waals surface area (Å²) in [6.07, 6.45) is 1.46. The average molecular weight is 167 g/mol. The summed E-state index contributed by atoms with van der Waals surface area (Å²) >= 11 is 0. The Labute approximate surface area is 68.8 Å². The highest BCUT2D eigenvalue weighted by atomic mass is 16.5. The summed E-state index contributed by atoms with van der Waals surface area (Å²) in [7, 11) is 0. The van der Waals surface area contributed by atoms with Crippen molar-refractivity contribution in [2.45, 2.75) is 0 Å². The van der Waals surface area contributed by atoms with Gasteiger partial charge in [-0.1, -0.05) is 0 Å². The first-order valence-corrected chi connectivity index (χ1v) is 3.23. The van der Waals surface area contributed by atoms with E-state index in [4.69, 9.17) is 10.5 Å². The molecule has 12 heavy (non-hydrogen) atoms. The average Bonchev–Trinajstić information content (AvgIpc) is 2.03. The molecular formula is C7H7N2O3-. The summed E-state index contributed by atoms with van der Waals surface area (Å²) in [5, 5.41) is 9.98. The number of hydrogen-bond donors (Lipinski definition) is 1. The molecule has 0 aliphatic rings. The number of aliphatic carboxylic acids is 1. The van der Waals surface area contributed by atoms with Crippen LogP contribution >= 0.6 is 0 Å². The van der Waals surface area contributed by atoms with Gasteiger partial charge in [-0.15, -0.1) is 0 Å². The second kappa shape index (κ2) is 3.56. The molecule has 0 unspecified atom stereocenters. The number of anilines is 1. The molecule has 1 aromatic heterocycles. The summed E-state index contributed by atoms with van der Waals surface area (Å²) in [6.45, 7) is -0.540. The van der Waals surface area contributed by atoms with Crippen LogP contribution in [0.15, 0.2) is 18.3 Å². The zero-order valence-electron chi connectivity index (χ0n) is 6.19. The van der Waals surface area contributed by atoms with Crippen molar-refractivity contribution < 1.29 is 14.6 Å². The lowest BCUT2D eigenvalue weighted by Crippen LogP contribution is -2.29. The SMILES string of the molecule is Nc1cccnc1OCC(=O)[O-]. The number of pyridine rings is 1. The van der Waals surface area contributed by atoms with Crippen molar-refractivity contribution in [1.29, 1.82) is 0 Å². The molecule has 0 saturated heterocycles. The van der Waals surface area contributed by atoms with Crippen LogP contribution in [0.2, 0.25) is 0 Å². The summed E-state index contributed by atoms with van der Waals surface area (Å²) in [6, 6.07) is 3.19. The van der Waals surface area contributed by atoms with Gasteiger partial charge in [-0.2, -0.15) is 0 Å². The van der Waals surface area contributed by atoms with E-state index in [1.54, 1.807) is 12.1 Å². The van der Waals surface area contributed by atoms with Gasteiger partial charge in [0.2, 0.25) is 5.88 Å². The van der Waals surface area contributed by atoms with Crippen LogP contribution in [0.3, 0.4) is 0 Å². The number of nitrogens with zero attached hydrogens (tertiary/aromatic N) is 1. The maximum Gasteiger partial charge on any atom is 0.237 e. The maximum absolute atomic E-state index is 9.98. The van der Waals surface area contributed by atoms with E-state index in [9.17, 15) is 9.90 Å². The molecule has 64 valence electrons. The van der Waals surface area contributed by atoms with Gasteiger partial charge in [0.15, 0.2) is 0 Å². The largest absolute Gasteiger partial charge is 0.546 e. The van der Waals surface area contributed by atoms with E-state index in [2.05, 4.69) is 4.98 Å². The minimum atomic E-state index is -1.31. The number of carbonyl (C=O) groups is 1. The molecule has 1 rings (SSSR count). The standard InChI is InChI=1S/C7H8N2O3/c8-5-2-1-3-9-7(5)12-4-6(10)11/h1-3H,4,8H2,(H,10,11)/p-1. The number of carboxylic acid groups (broad SMARTS) is 1. The van der Waals surface area contributed by atoms with E-state index in [0.717, 1.165) is 0 Å². The number of aromatic nitrogens is 1. The van der Waals surface area contributed by atoms with Crippen LogP contribution in [-0.2, 0) is 4.79 Å². The molecule has 1 heterocycles. The monoisotopic (exact) mass is 167 g/mol. The van der Waals surface area contributed by atoms with Gasteiger partial charge in [-0.3, -0.25) is 0 Å². The quantitative estimate of drug-likeness (QED) is 0.610. The fourth-order valence-corrected chi connectivity index (χ4v) is 0.651. The molecule has 0 aromatic carbocycles. The summed E-state index contributed by atoms with van der Waals surface area (Å²) in [4.78, 5) is 13.7. The summed E-state index contributed by atoms with van der Waals surface area (Å²) < 4.78 is 4.70. The van der Waals surface area contributed by atoms with Gasteiger partial charge in [-0.25, -0.2) is 4.98 Å². The van der Waals surface area contributed by atoms with Crippen LogP contribution in [0.25, 0.3) is 0 Å². The van der Waals surface area contributed by atoms with Crippen LogP contribution < -0.4 is 15.6 Å². The van der Waals surface area contributed by atoms with Gasteiger partial charge < -0.3 is 20.4 Å². The van der Waals surface area contributed by atoms with E-state index >= 15 is 0 Å². The third-order valence-corrected chi connectivity index (χ3v) is 1.13. The molecule has 0 aliphatic carbocycles. The molecule has 0 bridgehead atoms. The fourth-order valence-electron chi connectivity index (χ4n) is 0.651. The van der Waals surface area contributed by atoms with Crippen molar-refractivity contribution in [2.75, 3.05) is 12.3 Å². The molecule has 0 saturated carbocycles. The zero-order valence-corrected chi connectivity index (χ0v) is 6.19. The van der Waals surface area contributed by atoms with Crippen LogP contribution in [0.1, 0.15) is 0 Å². The number of nitrogen functional groups attached to an aromatic ring is 1. The number of nitrogens with two attached hydrogens (primary N) is 1. The Bertz CT molecular complexity index is 288. The Balaban J connectivity index is 2.63. The minimum absolute atomic E-state index is 0.113. The van der Waals surface area contributed by atoms with Gasteiger partial charge in [0, 0.05) is 6.20 Å². The Morgan fingerprint density at radius 1 is 1.75 bits per heavy atom. The molecule has 0 spiro atoms. The zero-order chi connectivity index (χ0) is 8.97. The number of ether oxygens (including phenoxy) is 1. The van der Waals surface area contributed by atoms with Crippen LogP contribution in [0.5, 0.6) is 5.88 Å². The Hall–Kier alpha value is -1.78. The van der Waals surface area contributed by atoms with Crippen LogP contribution in [0, 0.1) is 0 Å². The smallest absolute Gasteiger partial charge is 0.237 e. The number of rotatable bonds is 3. The predicted molar refractivity (Wildman–Crippen MR) is 39.2 cm³/mol. The third-order valence-electron chi connectivity index (χ3n) is 1.13. The highest BCUT2D eigenvalue weighted by Gasteiger charge is 1.98. The lowest BCUT2D eigenvalue weighted by Gasteiger charge is -2.06.